The molecule has 0 radical (unpaired) electrons. The lowest BCUT2D eigenvalue weighted by atomic mass is 10.1. The predicted molar refractivity (Wildman–Crippen MR) is 87.6 cm³/mol. The Labute approximate surface area is 138 Å². The van der Waals surface area contributed by atoms with E-state index in [0.717, 1.165) is 22.6 Å². The van der Waals surface area contributed by atoms with Gasteiger partial charge in [0.15, 0.2) is 0 Å². The summed E-state index contributed by atoms with van der Waals surface area (Å²) in [6.45, 7) is 0.689. The fourth-order valence-electron chi connectivity index (χ4n) is 2.88. The van der Waals surface area contributed by atoms with Gasteiger partial charge < -0.3 is 10.5 Å². The summed E-state index contributed by atoms with van der Waals surface area (Å²) in [6.07, 6.45) is 6.03. The Morgan fingerprint density at radius 1 is 1.25 bits per heavy atom. The third-order valence-corrected chi connectivity index (χ3v) is 4.10. The van der Waals surface area contributed by atoms with Crippen LogP contribution in [0.5, 0.6) is 5.75 Å². The van der Waals surface area contributed by atoms with Crippen LogP contribution in [0.2, 0.25) is 0 Å². The van der Waals surface area contributed by atoms with Gasteiger partial charge in [-0.3, -0.25) is 14.5 Å². The summed E-state index contributed by atoms with van der Waals surface area (Å²) in [4.78, 5) is 15.3. The molecule has 2 aromatic heterocycles. The summed E-state index contributed by atoms with van der Waals surface area (Å²) in [5.41, 5.74) is 8.83. The molecule has 0 aliphatic carbocycles. The number of carbonyl (C=O) groups excluding carboxylic acids is 1. The van der Waals surface area contributed by atoms with Crippen LogP contribution in [-0.4, -0.2) is 20.7 Å². The topological polar surface area (TPSA) is 83.0 Å². The molecule has 6 nitrogen and oxygen atoms in total. The number of amides is 1. The van der Waals surface area contributed by atoms with E-state index in [0.29, 0.717) is 18.5 Å². The second-order valence-electron chi connectivity index (χ2n) is 5.79. The van der Waals surface area contributed by atoms with Crippen LogP contribution in [0.3, 0.4) is 0 Å². The first-order valence-electron chi connectivity index (χ1n) is 7.71. The molecule has 6 heteroatoms. The second-order valence-corrected chi connectivity index (χ2v) is 5.79. The van der Waals surface area contributed by atoms with Crippen LogP contribution in [0.1, 0.15) is 33.3 Å². The van der Waals surface area contributed by atoms with Crippen LogP contribution >= 0.6 is 0 Å². The third-order valence-electron chi connectivity index (χ3n) is 4.10. The average Bonchev–Trinajstić information content (AvgIpc) is 3.21. The van der Waals surface area contributed by atoms with Crippen molar-refractivity contribution in [3.63, 3.8) is 0 Å². The highest BCUT2D eigenvalue weighted by Crippen LogP contribution is 2.36. The predicted octanol–water partition coefficient (Wildman–Crippen LogP) is 2.10. The van der Waals surface area contributed by atoms with E-state index < -0.39 is 5.91 Å². The Morgan fingerprint density at radius 3 is 2.88 bits per heavy atom. The van der Waals surface area contributed by atoms with Crippen molar-refractivity contribution in [1.82, 2.24) is 14.8 Å². The van der Waals surface area contributed by atoms with Crippen LogP contribution in [-0.2, 0) is 13.0 Å². The smallest absolute Gasteiger partial charge is 0.248 e. The van der Waals surface area contributed by atoms with Crippen LogP contribution in [0.15, 0.2) is 55.0 Å². The first-order chi connectivity index (χ1) is 11.7. The minimum absolute atomic E-state index is 0.137. The number of aromatic nitrogens is 3. The average molecular weight is 320 g/mol. The molecule has 1 atom stereocenters. The van der Waals surface area contributed by atoms with E-state index in [9.17, 15) is 4.79 Å². The van der Waals surface area contributed by atoms with Crippen molar-refractivity contribution in [2.24, 2.45) is 5.73 Å². The monoisotopic (exact) mass is 320 g/mol. The zero-order valence-electron chi connectivity index (χ0n) is 12.9. The Bertz CT molecular complexity index is 889. The van der Waals surface area contributed by atoms with Crippen molar-refractivity contribution in [3.8, 4) is 5.75 Å². The lowest BCUT2D eigenvalue weighted by Crippen LogP contribution is -2.10. The number of rotatable bonds is 4. The molecule has 0 fully saturated rings. The highest BCUT2D eigenvalue weighted by molar-refractivity contribution is 5.93. The number of benzene rings is 1. The largest absolute Gasteiger partial charge is 0.483 e. The van der Waals surface area contributed by atoms with Crippen LogP contribution in [0, 0.1) is 0 Å². The van der Waals surface area contributed by atoms with E-state index in [-0.39, 0.29) is 6.10 Å². The van der Waals surface area contributed by atoms with Gasteiger partial charge in [0.05, 0.1) is 6.54 Å². The Hall–Kier alpha value is -3.15. The summed E-state index contributed by atoms with van der Waals surface area (Å²) >= 11 is 0. The van der Waals surface area contributed by atoms with Gasteiger partial charge >= 0.3 is 0 Å². The molecule has 0 spiro atoms. The first kappa shape index (κ1) is 14.4. The molecule has 0 saturated heterocycles. The number of ether oxygens (including phenoxy) is 1. The Balaban J connectivity index is 1.51. The van der Waals surface area contributed by atoms with E-state index in [1.165, 1.54) is 0 Å². The summed E-state index contributed by atoms with van der Waals surface area (Å²) in [6, 6.07) is 11.2. The maximum absolute atomic E-state index is 11.3. The normalized spacial score (nSPS) is 15.8. The number of nitrogens with zero attached hydrogens (tertiary/aromatic N) is 3. The summed E-state index contributed by atoms with van der Waals surface area (Å²) in [5.74, 6) is 0.358. The molecule has 3 aromatic rings. The third kappa shape index (κ3) is 2.74. The van der Waals surface area contributed by atoms with Gasteiger partial charge in [-0.2, -0.15) is 5.10 Å². The number of fused-ring (bicyclic) bond motifs is 1. The fraction of sp³-hybridized carbons (Fsp3) is 0.167. The number of nitrogens with two attached hydrogens (primary N) is 1. The number of hydrogen-bond acceptors (Lipinski definition) is 4. The van der Waals surface area contributed by atoms with E-state index in [2.05, 4.69) is 10.1 Å². The molecule has 1 amide bonds. The Morgan fingerprint density at radius 2 is 2.08 bits per heavy atom. The summed E-state index contributed by atoms with van der Waals surface area (Å²) < 4.78 is 7.83. The van der Waals surface area contributed by atoms with Gasteiger partial charge in [0.1, 0.15) is 17.5 Å². The molecule has 4 rings (SSSR count). The maximum Gasteiger partial charge on any atom is 0.248 e. The van der Waals surface area contributed by atoms with Gasteiger partial charge in [-0.1, -0.05) is 0 Å². The van der Waals surface area contributed by atoms with E-state index in [4.69, 9.17) is 10.5 Å². The first-order valence-corrected chi connectivity index (χ1v) is 7.71. The molecule has 2 N–H and O–H groups in total. The molecule has 1 aromatic carbocycles. The standard InChI is InChI=1S/C18H16N4O2/c19-18(23)13-1-2-16-14(9-13)10-17(24-16)15-5-8-22(21-15)11-12-3-6-20-7-4-12/h1-9,17H,10-11H2,(H2,19,23). The van der Waals surface area contributed by atoms with Gasteiger partial charge in [0, 0.05) is 30.6 Å². The summed E-state index contributed by atoms with van der Waals surface area (Å²) in [7, 11) is 0. The SMILES string of the molecule is NC(=O)c1ccc2c(c1)CC(c1ccn(Cc3ccncc3)n1)O2. The molecule has 24 heavy (non-hydrogen) atoms. The zero-order valence-corrected chi connectivity index (χ0v) is 12.9. The highest BCUT2D eigenvalue weighted by Gasteiger charge is 2.26. The second kappa shape index (κ2) is 5.81. The van der Waals surface area contributed by atoms with Gasteiger partial charge in [-0.15, -0.1) is 0 Å². The molecule has 3 heterocycles. The number of pyridine rings is 1. The van der Waals surface area contributed by atoms with Crippen molar-refractivity contribution in [2.75, 3.05) is 0 Å². The van der Waals surface area contributed by atoms with Crippen molar-refractivity contribution in [1.29, 1.82) is 0 Å². The molecule has 0 saturated carbocycles. The lowest BCUT2D eigenvalue weighted by molar-refractivity contribution is 0.1000. The van der Waals surface area contributed by atoms with Crippen LogP contribution in [0.25, 0.3) is 0 Å². The lowest BCUT2D eigenvalue weighted by Gasteiger charge is -2.07. The van der Waals surface area contributed by atoms with Gasteiger partial charge in [-0.05, 0) is 47.5 Å². The van der Waals surface area contributed by atoms with Crippen LogP contribution < -0.4 is 10.5 Å². The summed E-state index contributed by atoms with van der Waals surface area (Å²) in [5, 5.41) is 4.61. The van der Waals surface area contributed by atoms with E-state index >= 15 is 0 Å². The number of primary amides is 1. The molecule has 120 valence electrons. The number of hydrogen-bond donors (Lipinski definition) is 1. The fourth-order valence-corrected chi connectivity index (χ4v) is 2.88. The van der Waals surface area contributed by atoms with Gasteiger partial charge in [0.2, 0.25) is 5.91 Å². The number of carbonyl (C=O) groups is 1. The maximum atomic E-state index is 11.3. The van der Waals surface area contributed by atoms with Crippen molar-refractivity contribution >= 4 is 5.91 Å². The van der Waals surface area contributed by atoms with Crippen molar-refractivity contribution in [2.45, 2.75) is 19.1 Å². The molecule has 1 aliphatic rings. The molecule has 1 unspecified atom stereocenters. The van der Waals surface area contributed by atoms with Gasteiger partial charge in [0.25, 0.3) is 0 Å². The zero-order chi connectivity index (χ0) is 16.5. The van der Waals surface area contributed by atoms with Crippen molar-refractivity contribution < 1.29 is 9.53 Å². The van der Waals surface area contributed by atoms with Crippen molar-refractivity contribution in [3.05, 3.63) is 77.4 Å². The molecular weight excluding hydrogens is 304 g/mol. The molecular formula is C18H16N4O2. The highest BCUT2D eigenvalue weighted by atomic mass is 16.5. The van der Waals surface area contributed by atoms with E-state index in [1.807, 2.05) is 29.1 Å². The van der Waals surface area contributed by atoms with Gasteiger partial charge in [-0.25, -0.2) is 0 Å². The quantitative estimate of drug-likeness (QED) is 0.798. The Kier molecular flexibility index (Phi) is 3.49. The van der Waals surface area contributed by atoms with Crippen LogP contribution in [0.4, 0.5) is 0 Å². The minimum Gasteiger partial charge on any atom is -0.483 e. The molecule has 0 bridgehead atoms. The minimum atomic E-state index is -0.428. The van der Waals surface area contributed by atoms with E-state index in [1.54, 1.807) is 30.6 Å². The molecule has 1 aliphatic heterocycles.